The lowest BCUT2D eigenvalue weighted by Crippen LogP contribution is -2.18. The molecule has 1 unspecified atom stereocenters. The molecule has 2 aromatic carbocycles. The summed E-state index contributed by atoms with van der Waals surface area (Å²) in [6.45, 7) is 4.28. The summed E-state index contributed by atoms with van der Waals surface area (Å²) >= 11 is 3.59. The van der Waals surface area contributed by atoms with E-state index in [-0.39, 0.29) is 17.7 Å². The van der Waals surface area contributed by atoms with Crippen molar-refractivity contribution in [2.45, 2.75) is 19.9 Å². The molecule has 138 valence electrons. The number of benzene rings is 2. The zero-order valence-corrected chi connectivity index (χ0v) is 16.3. The van der Waals surface area contributed by atoms with Gasteiger partial charge in [-0.25, -0.2) is 4.79 Å². The monoisotopic (exact) mass is 428 g/mol. The summed E-state index contributed by atoms with van der Waals surface area (Å²) in [4.78, 5) is 10.8. The van der Waals surface area contributed by atoms with Crippen molar-refractivity contribution in [3.8, 4) is 5.75 Å². The molecule has 0 aliphatic carbocycles. The van der Waals surface area contributed by atoms with E-state index in [9.17, 15) is 4.79 Å². The molecule has 0 saturated carbocycles. The highest BCUT2D eigenvalue weighted by Crippen LogP contribution is 2.35. The Labute approximate surface area is 163 Å². The van der Waals surface area contributed by atoms with Crippen molar-refractivity contribution in [3.05, 3.63) is 52.8 Å². The van der Waals surface area contributed by atoms with Gasteiger partial charge in [-0.2, -0.15) is 10.2 Å². The number of hydrogen-bond donors (Lipinski definition) is 2. The molecule has 0 spiro atoms. The van der Waals surface area contributed by atoms with Crippen molar-refractivity contribution in [2.75, 3.05) is 0 Å². The topological polar surface area (TPSA) is 93.0 Å². The van der Waals surface area contributed by atoms with Crippen LogP contribution in [0.15, 0.2) is 47.2 Å². The molecule has 0 aliphatic heterocycles. The largest absolute Gasteiger partial charge is 0.511 e. The van der Waals surface area contributed by atoms with Crippen molar-refractivity contribution in [3.63, 3.8) is 0 Å². The van der Waals surface area contributed by atoms with Crippen molar-refractivity contribution in [1.82, 2.24) is 20.0 Å². The highest BCUT2D eigenvalue weighted by atomic mass is 79.9. The number of halogens is 1. The second-order valence-electron chi connectivity index (χ2n) is 6.70. The van der Waals surface area contributed by atoms with Gasteiger partial charge >= 0.3 is 6.16 Å². The second kappa shape index (κ2) is 6.70. The van der Waals surface area contributed by atoms with Crippen LogP contribution in [0.1, 0.15) is 25.5 Å². The highest BCUT2D eigenvalue weighted by molar-refractivity contribution is 9.10. The summed E-state index contributed by atoms with van der Waals surface area (Å²) in [5.41, 5.74) is 2.97. The van der Waals surface area contributed by atoms with E-state index >= 15 is 0 Å². The van der Waals surface area contributed by atoms with Crippen LogP contribution in [-0.4, -0.2) is 31.2 Å². The fraction of sp³-hybridized carbons (Fsp3) is 0.211. The quantitative estimate of drug-likeness (QED) is 0.353. The molecule has 7 nitrogen and oxygen atoms in total. The molecule has 0 bridgehead atoms. The lowest BCUT2D eigenvalue weighted by Gasteiger charge is -2.24. The Morgan fingerprint density at radius 2 is 2.04 bits per heavy atom. The predicted molar refractivity (Wildman–Crippen MR) is 105 cm³/mol. The molecular weight excluding hydrogens is 412 g/mol. The first kappa shape index (κ1) is 17.5. The maximum Gasteiger partial charge on any atom is 0.511 e. The minimum absolute atomic E-state index is 0.0332. The van der Waals surface area contributed by atoms with E-state index in [1.807, 2.05) is 16.8 Å². The van der Waals surface area contributed by atoms with E-state index < -0.39 is 6.16 Å². The fourth-order valence-corrected chi connectivity index (χ4v) is 3.96. The first-order chi connectivity index (χ1) is 12.9. The first-order valence-corrected chi connectivity index (χ1v) is 9.24. The van der Waals surface area contributed by atoms with Crippen molar-refractivity contribution >= 4 is 43.9 Å². The van der Waals surface area contributed by atoms with Gasteiger partial charge in [-0.15, -0.1) is 0 Å². The second-order valence-corrected chi connectivity index (χ2v) is 7.61. The normalized spacial score (nSPS) is 12.7. The molecular formula is C19H17BrN4O3. The maximum atomic E-state index is 10.8. The van der Waals surface area contributed by atoms with Crippen LogP contribution in [-0.2, 0) is 0 Å². The SMILES string of the molecule is CC(C)C(c1cc(Br)cc2cn[nH]c12)n1ncc2cc(OC(=O)O)ccc21. The molecule has 2 aromatic heterocycles. The molecule has 0 aliphatic rings. The average molecular weight is 429 g/mol. The fourth-order valence-electron chi connectivity index (χ4n) is 3.47. The minimum atomic E-state index is -1.34. The summed E-state index contributed by atoms with van der Waals surface area (Å²) in [6.07, 6.45) is 2.19. The number of hydrogen-bond acceptors (Lipinski definition) is 4. The number of aromatic nitrogens is 4. The Kier molecular flexibility index (Phi) is 4.35. The number of nitrogens with one attached hydrogen (secondary N) is 1. The minimum Gasteiger partial charge on any atom is -0.449 e. The smallest absolute Gasteiger partial charge is 0.449 e. The van der Waals surface area contributed by atoms with E-state index in [2.05, 4.69) is 51.1 Å². The summed E-state index contributed by atoms with van der Waals surface area (Å²) in [5.74, 6) is 0.526. The van der Waals surface area contributed by atoms with E-state index in [0.717, 1.165) is 31.8 Å². The first-order valence-electron chi connectivity index (χ1n) is 8.44. The number of fused-ring (bicyclic) bond motifs is 2. The predicted octanol–water partition coefficient (Wildman–Crippen LogP) is 4.98. The number of ether oxygens (including phenoxy) is 1. The zero-order chi connectivity index (χ0) is 19.1. The van der Waals surface area contributed by atoms with Crippen LogP contribution < -0.4 is 4.74 Å². The molecule has 2 N–H and O–H groups in total. The third-order valence-corrected chi connectivity index (χ3v) is 4.99. The van der Waals surface area contributed by atoms with Crippen molar-refractivity contribution in [1.29, 1.82) is 0 Å². The Balaban J connectivity index is 1.88. The molecule has 0 fully saturated rings. The number of nitrogens with zero attached hydrogens (tertiary/aromatic N) is 3. The van der Waals surface area contributed by atoms with Gasteiger partial charge in [0.2, 0.25) is 0 Å². The number of carboxylic acid groups (broad SMARTS) is 1. The van der Waals surface area contributed by atoms with Crippen LogP contribution in [0.2, 0.25) is 0 Å². The molecule has 4 rings (SSSR count). The summed E-state index contributed by atoms with van der Waals surface area (Å²) < 4.78 is 7.69. The van der Waals surface area contributed by atoms with Crippen molar-refractivity contribution < 1.29 is 14.6 Å². The standard InChI is InChI=1S/C19H17BrN4O3/c1-10(2)18(15-7-13(20)5-12-8-21-23-17(12)15)24-16-4-3-14(27-19(25)26)6-11(16)9-22-24/h3-10,18H,1-2H3,(H,21,23)(H,25,26). The van der Waals surface area contributed by atoms with Crippen LogP contribution in [0.25, 0.3) is 21.8 Å². The highest BCUT2D eigenvalue weighted by Gasteiger charge is 2.24. The summed E-state index contributed by atoms with van der Waals surface area (Å²) in [5, 5.41) is 22.5. The van der Waals surface area contributed by atoms with Gasteiger partial charge in [-0.3, -0.25) is 9.78 Å². The molecule has 0 amide bonds. The maximum absolute atomic E-state index is 10.8. The Morgan fingerprint density at radius 1 is 1.22 bits per heavy atom. The van der Waals surface area contributed by atoms with Gasteiger partial charge < -0.3 is 9.84 Å². The molecule has 8 heteroatoms. The average Bonchev–Trinajstić information content (AvgIpc) is 3.21. The zero-order valence-electron chi connectivity index (χ0n) is 14.7. The number of rotatable bonds is 4. The van der Waals surface area contributed by atoms with Gasteiger partial charge in [-0.1, -0.05) is 29.8 Å². The number of carbonyl (C=O) groups is 1. The van der Waals surface area contributed by atoms with E-state index in [1.165, 1.54) is 0 Å². The van der Waals surface area contributed by atoms with E-state index in [0.29, 0.717) is 0 Å². The Bertz CT molecular complexity index is 1150. The summed E-state index contributed by atoms with van der Waals surface area (Å²) in [7, 11) is 0. The third-order valence-electron chi connectivity index (χ3n) is 4.53. The van der Waals surface area contributed by atoms with Gasteiger partial charge in [0.05, 0.1) is 29.5 Å². The molecule has 1 atom stereocenters. The van der Waals surface area contributed by atoms with E-state index in [1.54, 1.807) is 24.5 Å². The van der Waals surface area contributed by atoms with Crippen LogP contribution >= 0.6 is 15.9 Å². The van der Waals surface area contributed by atoms with Crippen LogP contribution in [0.5, 0.6) is 5.75 Å². The Hall–Kier alpha value is -2.87. The van der Waals surface area contributed by atoms with Crippen LogP contribution in [0.3, 0.4) is 0 Å². The van der Waals surface area contributed by atoms with Gasteiger partial charge in [0.25, 0.3) is 0 Å². The molecule has 0 radical (unpaired) electrons. The van der Waals surface area contributed by atoms with Gasteiger partial charge in [0.1, 0.15) is 5.75 Å². The lowest BCUT2D eigenvalue weighted by atomic mass is 9.94. The van der Waals surface area contributed by atoms with Crippen LogP contribution in [0, 0.1) is 5.92 Å². The molecule has 0 saturated heterocycles. The van der Waals surface area contributed by atoms with Gasteiger partial charge in [-0.05, 0) is 36.2 Å². The number of aromatic amines is 1. The number of H-pyrrole nitrogens is 1. The summed E-state index contributed by atoms with van der Waals surface area (Å²) in [6, 6.07) is 9.22. The van der Waals surface area contributed by atoms with Gasteiger partial charge in [0, 0.05) is 20.8 Å². The molecule has 27 heavy (non-hydrogen) atoms. The van der Waals surface area contributed by atoms with Gasteiger partial charge in [0.15, 0.2) is 0 Å². The lowest BCUT2D eigenvalue weighted by molar-refractivity contribution is 0.144. The Morgan fingerprint density at radius 3 is 2.78 bits per heavy atom. The molecule has 2 heterocycles. The van der Waals surface area contributed by atoms with E-state index in [4.69, 9.17) is 9.84 Å². The van der Waals surface area contributed by atoms with Crippen molar-refractivity contribution in [2.24, 2.45) is 5.92 Å². The molecule has 4 aromatic rings. The third kappa shape index (κ3) is 3.16. The van der Waals surface area contributed by atoms with Crippen LogP contribution in [0.4, 0.5) is 4.79 Å².